The van der Waals surface area contributed by atoms with Crippen LogP contribution in [0, 0.1) is 24.8 Å². The van der Waals surface area contributed by atoms with Gasteiger partial charge in [0.1, 0.15) is 12.0 Å². The average Bonchev–Trinajstić information content (AvgIpc) is 3.30. The summed E-state index contributed by atoms with van der Waals surface area (Å²) >= 11 is 0. The van der Waals surface area contributed by atoms with Crippen LogP contribution in [0.4, 0.5) is 0 Å². The number of nitrogens with zero attached hydrogens (tertiary/aromatic N) is 4. The van der Waals surface area contributed by atoms with Gasteiger partial charge in [-0.1, -0.05) is 62.1 Å². The predicted octanol–water partition coefficient (Wildman–Crippen LogP) is 8.15. The van der Waals surface area contributed by atoms with Crippen LogP contribution in [-0.2, 0) is 24.9 Å². The van der Waals surface area contributed by atoms with Gasteiger partial charge in [-0.3, -0.25) is 9.78 Å². The van der Waals surface area contributed by atoms with E-state index in [2.05, 4.69) is 51.6 Å². The van der Waals surface area contributed by atoms with Gasteiger partial charge < -0.3 is 9.51 Å². The van der Waals surface area contributed by atoms with E-state index in [0.29, 0.717) is 0 Å². The van der Waals surface area contributed by atoms with Gasteiger partial charge >= 0.3 is 0 Å². The van der Waals surface area contributed by atoms with Crippen molar-refractivity contribution < 1.29 is 30.0 Å². The number of rotatable bonds is 7. The molecule has 0 unspecified atom stereocenters. The molecule has 1 radical (unpaired) electrons. The molecule has 6 rings (SSSR count). The Bertz CT molecular complexity index is 1820. The number of allylic oxidation sites excluding steroid dienone is 2. The van der Waals surface area contributed by atoms with Crippen molar-refractivity contribution in [3.8, 4) is 0 Å². The number of aliphatic hydroxyl groups excluding tert-OH is 1. The predicted molar refractivity (Wildman–Crippen MR) is 159 cm³/mol. The number of hydrogen-bond acceptors (Lipinski definition) is 5. The summed E-state index contributed by atoms with van der Waals surface area (Å²) in [5.41, 5.74) is 5.95. The monoisotopic (exact) mass is 712 g/mol. The van der Waals surface area contributed by atoms with E-state index in [1.165, 1.54) is 11.5 Å². The molecular formula is C33H35IrN4O2-. The van der Waals surface area contributed by atoms with Gasteiger partial charge in [-0.25, -0.2) is 9.97 Å². The minimum absolute atomic E-state index is 0. The minimum Gasteiger partial charge on any atom is -0.512 e. The van der Waals surface area contributed by atoms with Gasteiger partial charge in [-0.15, -0.1) is 23.6 Å². The van der Waals surface area contributed by atoms with Crippen LogP contribution in [0.15, 0.2) is 60.6 Å². The van der Waals surface area contributed by atoms with Gasteiger partial charge in [0, 0.05) is 49.1 Å². The van der Waals surface area contributed by atoms with E-state index in [1.54, 1.807) is 6.33 Å². The standard InChI is InChI=1S/C20H11N4.C13H24O2.Ir/c1-11-19-15-9-13-5-3-2-4-12(13)8-14(15)18-20-16(21-10-22-18)6-7-17(23-11)24(19)20;1-5-10(6-2)12(14)9-13(15)11(7-3)8-4;/h2-7,9-10H,1H3;9-11,14H,5-8H2,1-4H3;/q-1;;/b;12-9-;. The summed E-state index contributed by atoms with van der Waals surface area (Å²) in [6.07, 6.45) is 6.54. The number of benzene rings is 2. The maximum absolute atomic E-state index is 11.7. The van der Waals surface area contributed by atoms with Crippen molar-refractivity contribution in [3.63, 3.8) is 0 Å². The number of hydrogen-bond donors (Lipinski definition) is 1. The van der Waals surface area contributed by atoms with E-state index < -0.39 is 0 Å². The van der Waals surface area contributed by atoms with Crippen LogP contribution in [0.2, 0.25) is 0 Å². The van der Waals surface area contributed by atoms with Gasteiger partial charge in [0.15, 0.2) is 5.78 Å². The first-order chi connectivity index (χ1) is 18.9. The van der Waals surface area contributed by atoms with Gasteiger partial charge in [0.2, 0.25) is 0 Å². The van der Waals surface area contributed by atoms with Crippen LogP contribution in [0.5, 0.6) is 0 Å². The Balaban J connectivity index is 0.000000204. The van der Waals surface area contributed by atoms with Gasteiger partial charge in [0.05, 0.1) is 22.5 Å². The number of carbonyl (C=O) groups excluding carboxylic acids is 1. The summed E-state index contributed by atoms with van der Waals surface area (Å²) in [6.45, 7) is 10.1. The Morgan fingerprint density at radius 3 is 2.38 bits per heavy atom. The number of aromatic nitrogens is 4. The largest absolute Gasteiger partial charge is 0.512 e. The van der Waals surface area contributed by atoms with E-state index in [-0.39, 0.29) is 43.5 Å². The van der Waals surface area contributed by atoms with Crippen LogP contribution in [0.1, 0.15) is 59.1 Å². The Morgan fingerprint density at radius 1 is 0.975 bits per heavy atom. The number of aryl methyl sites for hydroxylation is 1. The Hall–Kier alpha value is -3.41. The third-order valence-electron chi connectivity index (χ3n) is 7.91. The molecule has 0 fully saturated rings. The molecule has 0 aliphatic heterocycles. The van der Waals surface area contributed by atoms with Crippen molar-refractivity contribution in [2.45, 2.75) is 60.3 Å². The Labute approximate surface area is 248 Å². The second-order valence-electron chi connectivity index (χ2n) is 10.2. The molecule has 209 valence electrons. The second-order valence-corrected chi connectivity index (χ2v) is 10.2. The van der Waals surface area contributed by atoms with Crippen molar-refractivity contribution in [2.24, 2.45) is 11.8 Å². The molecule has 0 atom stereocenters. The number of carbonyl (C=O) groups is 1. The molecule has 1 N–H and O–H groups in total. The zero-order chi connectivity index (χ0) is 27.7. The second kappa shape index (κ2) is 12.4. The molecule has 4 heterocycles. The normalized spacial score (nSPS) is 12.1. The fourth-order valence-corrected chi connectivity index (χ4v) is 5.60. The van der Waals surface area contributed by atoms with Crippen LogP contribution in [-0.4, -0.2) is 30.2 Å². The van der Waals surface area contributed by atoms with Crippen molar-refractivity contribution in [1.29, 1.82) is 0 Å². The molecule has 0 bridgehead atoms. The van der Waals surface area contributed by atoms with E-state index in [1.807, 2.05) is 45.9 Å². The van der Waals surface area contributed by atoms with Gasteiger partial charge in [-0.05, 0) is 44.7 Å². The molecule has 2 aromatic carbocycles. The smallest absolute Gasteiger partial charge is 0.162 e. The van der Waals surface area contributed by atoms with Crippen LogP contribution >= 0.6 is 0 Å². The molecule has 4 aromatic heterocycles. The molecule has 40 heavy (non-hydrogen) atoms. The molecule has 0 aliphatic rings. The molecule has 6 nitrogen and oxygen atoms in total. The van der Waals surface area contributed by atoms with Crippen molar-refractivity contribution in [2.75, 3.05) is 0 Å². The van der Waals surface area contributed by atoms with Crippen molar-refractivity contribution in [1.82, 2.24) is 19.4 Å². The number of aliphatic hydroxyl groups is 1. The first-order valence-corrected chi connectivity index (χ1v) is 13.9. The topological polar surface area (TPSA) is 80.4 Å². The number of pyridine rings is 2. The molecule has 0 spiro atoms. The van der Waals surface area contributed by atoms with Gasteiger partial charge in [0.25, 0.3) is 0 Å². The zero-order valence-corrected chi connectivity index (χ0v) is 26.1. The van der Waals surface area contributed by atoms with Crippen molar-refractivity contribution in [3.05, 3.63) is 72.4 Å². The quantitative estimate of drug-likeness (QED) is 0.0595. The Morgan fingerprint density at radius 2 is 1.68 bits per heavy atom. The third-order valence-corrected chi connectivity index (χ3v) is 7.91. The molecule has 0 saturated heterocycles. The molecule has 0 aliphatic carbocycles. The first-order valence-electron chi connectivity index (χ1n) is 13.9. The van der Waals surface area contributed by atoms with Gasteiger partial charge in [-0.2, -0.15) is 0 Å². The number of ketones is 1. The minimum atomic E-state index is 0. The third kappa shape index (κ3) is 5.20. The fraction of sp³-hybridized carbons (Fsp3) is 0.333. The van der Waals surface area contributed by atoms with Crippen LogP contribution in [0.25, 0.3) is 49.3 Å². The summed E-state index contributed by atoms with van der Waals surface area (Å²) in [4.78, 5) is 25.5. The molecule has 0 amide bonds. The van der Waals surface area contributed by atoms with E-state index in [0.717, 1.165) is 75.2 Å². The maximum Gasteiger partial charge on any atom is 0.162 e. The summed E-state index contributed by atoms with van der Waals surface area (Å²) in [7, 11) is 0. The molecule has 0 saturated carbocycles. The first kappa shape index (κ1) is 29.6. The zero-order valence-electron chi connectivity index (χ0n) is 23.7. The maximum atomic E-state index is 11.7. The summed E-state index contributed by atoms with van der Waals surface area (Å²) in [5.74, 6) is 0.547. The van der Waals surface area contributed by atoms with Crippen LogP contribution in [0.3, 0.4) is 0 Å². The SMILES string of the molecule is CCC(CC)C(=O)/C=C(\O)C(CC)CC.Cc1nc2ccc3ncnc4c5[c-]c6ccccc6cc5c1n2c34.[Ir]. The fourth-order valence-electron chi connectivity index (χ4n) is 5.60. The average molecular weight is 712 g/mol. The van der Waals surface area contributed by atoms with E-state index in [9.17, 15) is 9.90 Å². The summed E-state index contributed by atoms with van der Waals surface area (Å²) in [6, 6.07) is 18.1. The van der Waals surface area contributed by atoms with Crippen molar-refractivity contribution >= 4 is 55.0 Å². The van der Waals surface area contributed by atoms with E-state index >= 15 is 0 Å². The molecular weight excluding hydrogens is 677 g/mol. The molecule has 7 heteroatoms. The number of imidazole rings is 1. The van der Waals surface area contributed by atoms with Crippen LogP contribution < -0.4 is 0 Å². The molecule has 6 aromatic rings. The summed E-state index contributed by atoms with van der Waals surface area (Å²) < 4.78 is 2.19. The number of fused-ring (bicyclic) bond motifs is 4. The van der Waals surface area contributed by atoms with E-state index in [4.69, 9.17) is 4.98 Å². The summed E-state index contributed by atoms with van der Waals surface area (Å²) in [5, 5.41) is 14.2. The Kier molecular flexibility index (Phi) is 9.17.